The molecule has 0 spiro atoms. The maximum atomic E-state index is 9.73. The largest absolute Gasteiger partial charge is 0.508 e. The SMILES string of the molecule is CCOCC1(CCc2ccccc2)CCN(Cc2cc(O)ccc2Cl)CC1. The van der Waals surface area contributed by atoms with Gasteiger partial charge in [-0.05, 0) is 80.4 Å². The van der Waals surface area contributed by atoms with Gasteiger partial charge in [0.05, 0.1) is 6.61 Å². The first-order valence-corrected chi connectivity index (χ1v) is 10.3. The lowest BCUT2D eigenvalue weighted by atomic mass is 9.74. The summed E-state index contributed by atoms with van der Waals surface area (Å²) in [7, 11) is 0. The van der Waals surface area contributed by atoms with Crippen LogP contribution in [0.1, 0.15) is 37.3 Å². The van der Waals surface area contributed by atoms with Crippen molar-refractivity contribution >= 4 is 11.6 Å². The summed E-state index contributed by atoms with van der Waals surface area (Å²) in [5.74, 6) is 0.278. The molecular weight excluding hydrogens is 358 g/mol. The first kappa shape index (κ1) is 20.2. The number of hydrogen-bond acceptors (Lipinski definition) is 3. The van der Waals surface area contributed by atoms with Gasteiger partial charge in [-0.1, -0.05) is 41.9 Å². The van der Waals surface area contributed by atoms with Gasteiger partial charge in [0, 0.05) is 18.2 Å². The molecule has 4 heteroatoms. The van der Waals surface area contributed by atoms with Crippen molar-refractivity contribution in [2.75, 3.05) is 26.3 Å². The Labute approximate surface area is 167 Å². The molecule has 1 heterocycles. The van der Waals surface area contributed by atoms with Crippen LogP contribution in [0.4, 0.5) is 0 Å². The predicted molar refractivity (Wildman–Crippen MR) is 111 cm³/mol. The highest BCUT2D eigenvalue weighted by Crippen LogP contribution is 2.37. The quantitative estimate of drug-likeness (QED) is 0.667. The molecule has 0 aromatic heterocycles. The van der Waals surface area contributed by atoms with Crippen molar-refractivity contribution in [2.45, 2.75) is 39.2 Å². The Bertz CT molecular complexity index is 712. The number of phenols is 1. The number of hydrogen-bond donors (Lipinski definition) is 1. The Kier molecular flexibility index (Phi) is 7.17. The summed E-state index contributed by atoms with van der Waals surface area (Å²) in [5.41, 5.74) is 2.66. The summed E-state index contributed by atoms with van der Waals surface area (Å²) in [6.45, 7) is 6.55. The minimum atomic E-state index is 0.255. The van der Waals surface area contributed by atoms with Crippen molar-refractivity contribution in [2.24, 2.45) is 5.41 Å². The van der Waals surface area contributed by atoms with Crippen LogP contribution in [0.25, 0.3) is 0 Å². The Morgan fingerprint density at radius 1 is 1.11 bits per heavy atom. The highest BCUT2D eigenvalue weighted by atomic mass is 35.5. The van der Waals surface area contributed by atoms with E-state index in [9.17, 15) is 5.11 Å². The molecule has 1 saturated heterocycles. The molecule has 0 unspecified atom stereocenters. The van der Waals surface area contributed by atoms with E-state index in [0.29, 0.717) is 0 Å². The fraction of sp³-hybridized carbons (Fsp3) is 0.478. The van der Waals surface area contributed by atoms with Crippen molar-refractivity contribution < 1.29 is 9.84 Å². The van der Waals surface area contributed by atoms with Crippen LogP contribution >= 0.6 is 11.6 Å². The molecule has 146 valence electrons. The monoisotopic (exact) mass is 387 g/mol. The van der Waals surface area contributed by atoms with Gasteiger partial charge >= 0.3 is 0 Å². The number of aromatic hydroxyl groups is 1. The Balaban J connectivity index is 1.60. The van der Waals surface area contributed by atoms with Gasteiger partial charge in [0.15, 0.2) is 0 Å². The number of nitrogens with zero attached hydrogens (tertiary/aromatic N) is 1. The molecule has 27 heavy (non-hydrogen) atoms. The second-order valence-corrected chi connectivity index (χ2v) is 8.08. The topological polar surface area (TPSA) is 32.7 Å². The molecule has 3 nitrogen and oxygen atoms in total. The predicted octanol–water partition coefficient (Wildman–Crippen LogP) is 5.30. The van der Waals surface area contributed by atoms with Crippen molar-refractivity contribution in [3.05, 3.63) is 64.7 Å². The third-order valence-electron chi connectivity index (χ3n) is 5.74. The van der Waals surface area contributed by atoms with E-state index >= 15 is 0 Å². The van der Waals surface area contributed by atoms with Crippen molar-refractivity contribution in [3.8, 4) is 5.75 Å². The third-order valence-corrected chi connectivity index (χ3v) is 6.11. The maximum absolute atomic E-state index is 9.73. The van der Waals surface area contributed by atoms with Gasteiger partial charge in [-0.15, -0.1) is 0 Å². The van der Waals surface area contributed by atoms with E-state index in [1.807, 2.05) is 0 Å². The molecule has 0 atom stereocenters. The Morgan fingerprint density at radius 2 is 1.85 bits per heavy atom. The Morgan fingerprint density at radius 3 is 2.56 bits per heavy atom. The number of ether oxygens (including phenoxy) is 1. The van der Waals surface area contributed by atoms with Crippen LogP contribution in [0.2, 0.25) is 5.02 Å². The van der Waals surface area contributed by atoms with Gasteiger partial charge in [-0.3, -0.25) is 4.90 Å². The first-order valence-electron chi connectivity index (χ1n) is 9.92. The normalized spacial score (nSPS) is 17.1. The van der Waals surface area contributed by atoms with E-state index in [-0.39, 0.29) is 11.2 Å². The van der Waals surface area contributed by atoms with Crippen molar-refractivity contribution in [3.63, 3.8) is 0 Å². The van der Waals surface area contributed by atoms with Crippen LogP contribution in [0.5, 0.6) is 5.75 Å². The van der Waals surface area contributed by atoms with Crippen molar-refractivity contribution in [1.29, 1.82) is 0 Å². The minimum absolute atomic E-state index is 0.255. The molecular formula is C23H30ClNO2. The lowest BCUT2D eigenvalue weighted by Gasteiger charge is -2.42. The molecule has 0 aliphatic carbocycles. The first-order chi connectivity index (χ1) is 13.1. The zero-order valence-corrected chi connectivity index (χ0v) is 16.9. The maximum Gasteiger partial charge on any atom is 0.116 e. The van der Waals surface area contributed by atoms with Crippen LogP contribution in [0.15, 0.2) is 48.5 Å². The van der Waals surface area contributed by atoms with Crippen molar-refractivity contribution in [1.82, 2.24) is 4.90 Å². The smallest absolute Gasteiger partial charge is 0.116 e. The number of rotatable bonds is 8. The summed E-state index contributed by atoms with van der Waals surface area (Å²) in [6.07, 6.45) is 4.54. The van der Waals surface area contributed by atoms with E-state index in [0.717, 1.165) is 69.1 Å². The zero-order chi connectivity index (χ0) is 19.1. The lowest BCUT2D eigenvalue weighted by molar-refractivity contribution is -0.00232. The molecule has 0 amide bonds. The number of likely N-dealkylation sites (tertiary alicyclic amines) is 1. The number of halogens is 1. The van der Waals surface area contributed by atoms with Gasteiger partial charge in [-0.25, -0.2) is 0 Å². The fourth-order valence-corrected chi connectivity index (χ4v) is 4.13. The van der Waals surface area contributed by atoms with Gasteiger partial charge in [0.2, 0.25) is 0 Å². The summed E-state index contributed by atoms with van der Waals surface area (Å²) in [4.78, 5) is 2.44. The van der Waals surface area contributed by atoms with Crippen LogP contribution < -0.4 is 0 Å². The molecule has 3 rings (SSSR count). The van der Waals surface area contributed by atoms with E-state index in [4.69, 9.17) is 16.3 Å². The average molecular weight is 388 g/mol. The molecule has 1 aliphatic heterocycles. The van der Waals surface area contributed by atoms with E-state index in [2.05, 4.69) is 42.2 Å². The van der Waals surface area contributed by atoms with E-state index < -0.39 is 0 Å². The molecule has 1 fully saturated rings. The van der Waals surface area contributed by atoms with Gasteiger partial charge in [0.25, 0.3) is 0 Å². The van der Waals surface area contributed by atoms with E-state index in [1.165, 1.54) is 5.56 Å². The average Bonchev–Trinajstić information content (AvgIpc) is 2.70. The molecule has 2 aromatic rings. The number of piperidine rings is 1. The minimum Gasteiger partial charge on any atom is -0.508 e. The summed E-state index contributed by atoms with van der Waals surface area (Å²) < 4.78 is 5.88. The molecule has 0 saturated carbocycles. The summed E-state index contributed by atoms with van der Waals surface area (Å²) in [6, 6.07) is 15.9. The highest BCUT2D eigenvalue weighted by Gasteiger charge is 2.34. The van der Waals surface area contributed by atoms with Gasteiger partial charge in [0.1, 0.15) is 5.75 Å². The summed E-state index contributed by atoms with van der Waals surface area (Å²) in [5, 5.41) is 10.5. The molecule has 1 aliphatic rings. The van der Waals surface area contributed by atoms with Crippen LogP contribution in [-0.4, -0.2) is 36.3 Å². The van der Waals surface area contributed by atoms with Gasteiger partial charge in [-0.2, -0.15) is 0 Å². The third kappa shape index (κ3) is 5.71. The zero-order valence-electron chi connectivity index (χ0n) is 16.2. The molecule has 2 aromatic carbocycles. The van der Waals surface area contributed by atoms with Crippen LogP contribution in [0, 0.1) is 5.41 Å². The number of aryl methyl sites for hydroxylation is 1. The Hall–Kier alpha value is -1.55. The van der Waals surface area contributed by atoms with Crippen LogP contribution in [-0.2, 0) is 17.7 Å². The van der Waals surface area contributed by atoms with Crippen LogP contribution in [0.3, 0.4) is 0 Å². The number of benzene rings is 2. The van der Waals surface area contributed by atoms with Gasteiger partial charge < -0.3 is 9.84 Å². The second kappa shape index (κ2) is 9.59. The van der Waals surface area contributed by atoms with E-state index in [1.54, 1.807) is 18.2 Å². The molecule has 0 bridgehead atoms. The number of phenolic OH excluding ortho intramolecular Hbond substituents is 1. The summed E-state index contributed by atoms with van der Waals surface area (Å²) >= 11 is 6.30. The molecule has 1 N–H and O–H groups in total. The standard InChI is InChI=1S/C23H30ClNO2/c1-2-27-18-23(11-10-19-6-4-3-5-7-19)12-14-25(15-13-23)17-20-16-21(26)8-9-22(20)24/h3-9,16,26H,2,10-15,17-18H2,1H3. The molecule has 0 radical (unpaired) electrons. The fourth-order valence-electron chi connectivity index (χ4n) is 3.95. The second-order valence-electron chi connectivity index (χ2n) is 7.67. The highest BCUT2D eigenvalue weighted by molar-refractivity contribution is 6.31. The lowest BCUT2D eigenvalue weighted by Crippen LogP contribution is -2.42.